The number of aromatic nitrogens is 3. The van der Waals surface area contributed by atoms with Gasteiger partial charge < -0.3 is 23.5 Å². The maximum atomic E-state index is 15.8. The van der Waals surface area contributed by atoms with Gasteiger partial charge in [-0.25, -0.2) is 18.6 Å². The first-order valence-electron chi connectivity index (χ1n) is 13.5. The summed E-state index contributed by atoms with van der Waals surface area (Å²) in [7, 11) is 1.32. The number of methoxy groups -OCH3 is 1. The molecule has 0 saturated carbocycles. The molecule has 0 spiro atoms. The number of fused-ring (bicyclic) bond motifs is 2. The molecule has 12 heteroatoms. The van der Waals surface area contributed by atoms with Crippen molar-refractivity contribution in [2.24, 2.45) is 0 Å². The average Bonchev–Trinajstić information content (AvgIpc) is 3.63. The number of rotatable bonds is 7. The molecule has 0 aliphatic carbocycles. The van der Waals surface area contributed by atoms with Crippen LogP contribution in [0.1, 0.15) is 40.1 Å². The van der Waals surface area contributed by atoms with Crippen molar-refractivity contribution in [3.63, 3.8) is 0 Å². The van der Waals surface area contributed by atoms with Crippen LogP contribution in [0.3, 0.4) is 0 Å². The zero-order valence-electron chi connectivity index (χ0n) is 23.0. The minimum absolute atomic E-state index is 0.0160. The Morgan fingerprint density at radius 1 is 1.16 bits per heavy atom. The Hall–Kier alpha value is -4.06. The predicted molar refractivity (Wildman–Crippen MR) is 156 cm³/mol. The quantitative estimate of drug-likeness (QED) is 0.182. The molecule has 1 saturated heterocycles. The van der Waals surface area contributed by atoms with E-state index in [1.165, 1.54) is 36.8 Å². The third-order valence-electron chi connectivity index (χ3n) is 7.64. The van der Waals surface area contributed by atoms with Crippen molar-refractivity contribution in [2.75, 3.05) is 13.7 Å². The van der Waals surface area contributed by atoms with Gasteiger partial charge in [-0.2, -0.15) is 0 Å². The molecule has 0 amide bonds. The number of pyridine rings is 1. The summed E-state index contributed by atoms with van der Waals surface area (Å²) < 4.78 is 56.1. The van der Waals surface area contributed by atoms with Crippen molar-refractivity contribution in [1.82, 2.24) is 14.5 Å². The van der Waals surface area contributed by atoms with Gasteiger partial charge in [-0.15, -0.1) is 11.3 Å². The summed E-state index contributed by atoms with van der Waals surface area (Å²) in [4.78, 5) is 22.1. The van der Waals surface area contributed by atoms with E-state index < -0.39 is 23.4 Å². The Morgan fingerprint density at radius 3 is 2.72 bits per heavy atom. The van der Waals surface area contributed by atoms with E-state index in [1.54, 1.807) is 43.3 Å². The van der Waals surface area contributed by atoms with Crippen LogP contribution >= 0.6 is 22.9 Å². The molecule has 5 aromatic rings. The molecule has 2 aromatic carbocycles. The molecule has 220 valence electrons. The molecular formula is C31H24ClF2N3O5S. The Kier molecular flexibility index (Phi) is 6.83. The van der Waals surface area contributed by atoms with E-state index in [9.17, 15) is 4.79 Å². The van der Waals surface area contributed by atoms with Crippen LogP contribution < -0.4 is 9.47 Å². The zero-order valence-corrected chi connectivity index (χ0v) is 24.6. The highest BCUT2D eigenvalue weighted by Gasteiger charge is 2.41. The predicted octanol–water partition coefficient (Wildman–Crippen LogP) is 6.90. The van der Waals surface area contributed by atoms with Crippen LogP contribution in [0.25, 0.3) is 21.5 Å². The minimum atomic E-state index is -1.28. The Bertz CT molecular complexity index is 1890. The first-order chi connectivity index (χ1) is 20.7. The summed E-state index contributed by atoms with van der Waals surface area (Å²) in [5.74, 6) is -1.74. The van der Waals surface area contributed by atoms with Crippen molar-refractivity contribution in [3.05, 3.63) is 93.3 Å². The Morgan fingerprint density at radius 2 is 2.00 bits per heavy atom. The van der Waals surface area contributed by atoms with E-state index in [0.29, 0.717) is 50.7 Å². The molecule has 5 heterocycles. The molecular weight excluding hydrogens is 600 g/mol. The van der Waals surface area contributed by atoms with Gasteiger partial charge in [0.25, 0.3) is 5.79 Å². The molecule has 8 nitrogen and oxygen atoms in total. The smallest absolute Gasteiger partial charge is 0.348 e. The van der Waals surface area contributed by atoms with Gasteiger partial charge in [0, 0.05) is 37.3 Å². The van der Waals surface area contributed by atoms with E-state index in [0.717, 1.165) is 11.9 Å². The maximum Gasteiger partial charge on any atom is 0.348 e. The van der Waals surface area contributed by atoms with Crippen LogP contribution in [0.2, 0.25) is 5.02 Å². The fourth-order valence-electron chi connectivity index (χ4n) is 5.32. The second-order valence-electron chi connectivity index (χ2n) is 10.5. The molecule has 1 fully saturated rings. The molecule has 7 rings (SSSR count). The Balaban J connectivity index is 1.21. The monoisotopic (exact) mass is 623 g/mol. The molecule has 3 aromatic heterocycles. The number of halogens is 3. The number of ether oxygens (including phenoxy) is 4. The first-order valence-corrected chi connectivity index (χ1v) is 14.7. The van der Waals surface area contributed by atoms with Crippen LogP contribution in [0.15, 0.2) is 54.7 Å². The molecule has 0 N–H and O–H groups in total. The fourth-order valence-corrected chi connectivity index (χ4v) is 6.40. The lowest BCUT2D eigenvalue weighted by atomic mass is 10.00. The van der Waals surface area contributed by atoms with E-state index in [1.807, 2.05) is 4.57 Å². The number of para-hydroxylation sites is 1. The number of esters is 1. The van der Waals surface area contributed by atoms with Crippen molar-refractivity contribution < 1.29 is 32.5 Å². The van der Waals surface area contributed by atoms with Crippen LogP contribution in [0.5, 0.6) is 11.5 Å². The second kappa shape index (κ2) is 10.6. The van der Waals surface area contributed by atoms with Gasteiger partial charge in [-0.05, 0) is 48.4 Å². The summed E-state index contributed by atoms with van der Waals surface area (Å²) in [5, 5.41) is 0.464. The summed E-state index contributed by atoms with van der Waals surface area (Å²) in [6, 6.07) is 12.5. The Labute approximate surface area is 253 Å². The number of nitrogens with zero attached hydrogens (tertiary/aromatic N) is 3. The first kappa shape index (κ1) is 27.8. The average molecular weight is 624 g/mol. The highest BCUT2D eigenvalue weighted by molar-refractivity contribution is 7.20. The lowest BCUT2D eigenvalue weighted by Gasteiger charge is -2.27. The van der Waals surface area contributed by atoms with Gasteiger partial charge in [0.1, 0.15) is 32.9 Å². The second-order valence-corrected chi connectivity index (χ2v) is 11.9. The third kappa shape index (κ3) is 4.91. The van der Waals surface area contributed by atoms with Gasteiger partial charge >= 0.3 is 5.97 Å². The normalized spacial score (nSPS) is 19.0. The van der Waals surface area contributed by atoms with E-state index >= 15 is 8.78 Å². The van der Waals surface area contributed by atoms with E-state index in [4.69, 9.17) is 30.5 Å². The molecule has 2 atom stereocenters. The van der Waals surface area contributed by atoms with Crippen LogP contribution in [-0.2, 0) is 28.2 Å². The van der Waals surface area contributed by atoms with Crippen molar-refractivity contribution in [3.8, 4) is 22.6 Å². The number of thiophene rings is 1. The van der Waals surface area contributed by atoms with Gasteiger partial charge in [0.15, 0.2) is 11.5 Å². The SMILES string of the molecule is COC(=O)c1cc2c(nc(Cc3cc(F)c(-c4cccc5c4OC(C)(c4ccc(Cl)cn4)O5)cc3F)n2C[C@@H]2CCO2)s1. The molecule has 1 unspecified atom stereocenters. The fraction of sp³-hybridized carbons (Fsp3) is 0.258. The highest BCUT2D eigenvalue weighted by atomic mass is 35.5. The zero-order chi connectivity index (χ0) is 29.9. The molecule has 2 aliphatic heterocycles. The van der Waals surface area contributed by atoms with Crippen molar-refractivity contribution >= 4 is 39.3 Å². The van der Waals surface area contributed by atoms with Crippen molar-refractivity contribution in [2.45, 2.75) is 38.2 Å². The summed E-state index contributed by atoms with van der Waals surface area (Å²) in [6.07, 6.45) is 2.39. The van der Waals surface area contributed by atoms with Crippen LogP contribution in [-0.4, -0.2) is 40.3 Å². The standard InChI is InChI=1S/C31H24ClF2N3O5S/c1-31(26-7-6-17(32)14-35-26)41-24-5-3-4-19(28(24)42-31)20-12-21(33)16(10-22(20)34)11-27-36-29-23(13-25(43-29)30(38)39-2)37(27)15-18-8-9-40-18/h3-7,10,12-14,18H,8-9,11,15H2,1-2H3/t18-,31?/m0/s1. The molecule has 2 aliphatic rings. The van der Waals surface area contributed by atoms with Gasteiger partial charge in [-0.3, -0.25) is 4.98 Å². The largest absolute Gasteiger partial charge is 0.465 e. The third-order valence-corrected chi connectivity index (χ3v) is 8.86. The molecule has 43 heavy (non-hydrogen) atoms. The van der Waals surface area contributed by atoms with Crippen LogP contribution in [0.4, 0.5) is 8.78 Å². The molecule has 0 bridgehead atoms. The molecule has 0 radical (unpaired) electrons. The number of hydrogen-bond acceptors (Lipinski definition) is 8. The highest BCUT2D eigenvalue weighted by Crippen LogP contribution is 2.49. The number of hydrogen-bond donors (Lipinski definition) is 0. The van der Waals surface area contributed by atoms with Crippen molar-refractivity contribution in [1.29, 1.82) is 0 Å². The number of carbonyl (C=O) groups excluding carboxylic acids is 1. The van der Waals surface area contributed by atoms with E-state index in [2.05, 4.69) is 9.97 Å². The van der Waals surface area contributed by atoms with Gasteiger partial charge in [-0.1, -0.05) is 23.7 Å². The topological polar surface area (TPSA) is 84.7 Å². The lowest BCUT2D eigenvalue weighted by Crippen LogP contribution is -2.32. The summed E-state index contributed by atoms with van der Waals surface area (Å²) in [5.41, 5.74) is 1.72. The maximum absolute atomic E-state index is 15.8. The van der Waals surface area contributed by atoms with E-state index in [-0.39, 0.29) is 29.4 Å². The van der Waals surface area contributed by atoms with Gasteiger partial charge in [0.05, 0.1) is 30.3 Å². The summed E-state index contributed by atoms with van der Waals surface area (Å²) >= 11 is 7.18. The summed E-state index contributed by atoms with van der Waals surface area (Å²) in [6.45, 7) is 2.85. The lowest BCUT2D eigenvalue weighted by molar-refractivity contribution is -0.0715. The number of imidazole rings is 1. The number of benzene rings is 2. The minimum Gasteiger partial charge on any atom is -0.465 e. The van der Waals surface area contributed by atoms with Gasteiger partial charge in [0.2, 0.25) is 0 Å². The number of carbonyl (C=O) groups is 1. The van der Waals surface area contributed by atoms with Crippen LogP contribution in [0, 0.1) is 11.6 Å².